The van der Waals surface area contributed by atoms with E-state index in [1.54, 1.807) is 0 Å². The normalized spacial score (nSPS) is 20.3. The maximum Gasteiger partial charge on any atom is 0.122 e. The van der Waals surface area contributed by atoms with Gasteiger partial charge in [-0.25, -0.2) is 0 Å². The summed E-state index contributed by atoms with van der Waals surface area (Å²) in [7, 11) is 2.23. The van der Waals surface area contributed by atoms with Crippen LogP contribution in [0.15, 0.2) is 42.5 Å². The predicted molar refractivity (Wildman–Crippen MR) is 92.1 cm³/mol. The first-order chi connectivity index (χ1) is 11.3. The lowest BCUT2D eigenvalue weighted by atomic mass is 9.92. The molecular formula is C20H20N2O. The van der Waals surface area contributed by atoms with Gasteiger partial charge in [0.2, 0.25) is 0 Å². The van der Waals surface area contributed by atoms with Crippen LogP contribution in [0, 0.1) is 0 Å². The largest absolute Gasteiger partial charge is 0.493 e. The van der Waals surface area contributed by atoms with Gasteiger partial charge in [0.25, 0.3) is 0 Å². The van der Waals surface area contributed by atoms with Crippen LogP contribution < -0.4 is 4.74 Å². The van der Waals surface area contributed by atoms with E-state index in [1.165, 1.54) is 33.3 Å². The van der Waals surface area contributed by atoms with Gasteiger partial charge in [0.05, 0.1) is 12.6 Å². The van der Waals surface area contributed by atoms with Gasteiger partial charge in [0, 0.05) is 29.6 Å². The molecule has 2 aromatic carbocycles. The number of aromatic nitrogens is 1. The highest BCUT2D eigenvalue weighted by molar-refractivity contribution is 5.85. The number of nitrogens with one attached hydrogen (secondary N) is 1. The molecule has 2 aliphatic heterocycles. The van der Waals surface area contributed by atoms with Gasteiger partial charge < -0.3 is 9.72 Å². The van der Waals surface area contributed by atoms with Crippen LogP contribution in [0.3, 0.4) is 0 Å². The molecule has 3 aromatic rings. The number of H-pyrrole nitrogens is 1. The quantitative estimate of drug-likeness (QED) is 0.743. The molecule has 0 saturated heterocycles. The lowest BCUT2D eigenvalue weighted by Crippen LogP contribution is -2.32. The highest BCUT2D eigenvalue weighted by Gasteiger charge is 2.30. The van der Waals surface area contributed by atoms with Crippen molar-refractivity contribution in [2.75, 3.05) is 20.2 Å². The number of fused-ring (bicyclic) bond motifs is 4. The predicted octanol–water partition coefficient (Wildman–Crippen LogP) is 3.68. The third-order valence-corrected chi connectivity index (χ3v) is 5.30. The van der Waals surface area contributed by atoms with E-state index >= 15 is 0 Å². The fraction of sp³-hybridized carbons (Fsp3) is 0.300. The SMILES string of the molecule is CN1CCc2c([nH]c3ccccc23)[C@H]1c1ccc2c(c1)CCO2. The molecule has 0 unspecified atom stereocenters. The standard InChI is InChI=1S/C20H20N2O/c1-22-10-8-16-15-4-2-3-5-17(15)21-19(16)20(22)14-6-7-18-13(12-14)9-11-23-18/h2-7,12,20-21H,8-11H2,1H3/t20-/m1/s1. The van der Waals surface area contributed by atoms with E-state index in [2.05, 4.69) is 59.4 Å². The Morgan fingerprint density at radius 2 is 2.04 bits per heavy atom. The van der Waals surface area contributed by atoms with Crippen molar-refractivity contribution in [3.8, 4) is 5.75 Å². The first-order valence-electron chi connectivity index (χ1n) is 8.36. The minimum absolute atomic E-state index is 0.303. The van der Waals surface area contributed by atoms with E-state index in [0.717, 1.165) is 31.7 Å². The van der Waals surface area contributed by atoms with Gasteiger partial charge in [0.15, 0.2) is 0 Å². The number of ether oxygens (including phenoxy) is 1. The third kappa shape index (κ3) is 1.93. The zero-order valence-corrected chi connectivity index (χ0v) is 13.3. The van der Waals surface area contributed by atoms with Crippen molar-refractivity contribution in [2.45, 2.75) is 18.9 Å². The fourth-order valence-electron chi connectivity index (χ4n) is 4.16. The second kappa shape index (κ2) is 4.87. The van der Waals surface area contributed by atoms with E-state index in [1.807, 2.05) is 0 Å². The molecule has 3 nitrogen and oxygen atoms in total. The summed E-state index contributed by atoms with van der Waals surface area (Å²) >= 11 is 0. The van der Waals surface area contributed by atoms with Crippen molar-refractivity contribution < 1.29 is 4.74 Å². The molecule has 0 saturated carbocycles. The Bertz CT molecular complexity index is 896. The Balaban J connectivity index is 1.68. The minimum atomic E-state index is 0.303. The van der Waals surface area contributed by atoms with Gasteiger partial charge >= 0.3 is 0 Å². The molecule has 2 aliphatic rings. The zero-order chi connectivity index (χ0) is 15.4. The molecule has 0 fully saturated rings. The summed E-state index contributed by atoms with van der Waals surface area (Å²) in [5, 5.41) is 1.38. The molecule has 0 amide bonds. The van der Waals surface area contributed by atoms with Crippen LogP contribution in [-0.2, 0) is 12.8 Å². The van der Waals surface area contributed by atoms with Crippen molar-refractivity contribution in [3.63, 3.8) is 0 Å². The minimum Gasteiger partial charge on any atom is -0.493 e. The fourth-order valence-corrected chi connectivity index (χ4v) is 4.16. The molecule has 0 bridgehead atoms. The van der Waals surface area contributed by atoms with Crippen LogP contribution in [0.25, 0.3) is 10.9 Å². The molecule has 116 valence electrons. The molecule has 3 heteroatoms. The first-order valence-corrected chi connectivity index (χ1v) is 8.36. The number of rotatable bonds is 1. The number of aromatic amines is 1. The van der Waals surface area contributed by atoms with Gasteiger partial charge in [-0.2, -0.15) is 0 Å². The number of hydrogen-bond acceptors (Lipinski definition) is 2. The second-order valence-corrected chi connectivity index (χ2v) is 6.66. The summed E-state index contributed by atoms with van der Waals surface area (Å²) in [6, 6.07) is 15.7. The summed E-state index contributed by atoms with van der Waals surface area (Å²) in [5.74, 6) is 1.06. The molecule has 0 aliphatic carbocycles. The van der Waals surface area contributed by atoms with Gasteiger partial charge in [0.1, 0.15) is 5.75 Å². The smallest absolute Gasteiger partial charge is 0.122 e. The van der Waals surface area contributed by atoms with Crippen molar-refractivity contribution in [2.24, 2.45) is 0 Å². The van der Waals surface area contributed by atoms with Crippen molar-refractivity contribution in [3.05, 3.63) is 64.8 Å². The van der Waals surface area contributed by atoms with Gasteiger partial charge in [-0.3, -0.25) is 4.90 Å². The maximum atomic E-state index is 5.66. The van der Waals surface area contributed by atoms with Gasteiger partial charge in [-0.05, 0) is 42.3 Å². The molecule has 1 atom stereocenters. The van der Waals surface area contributed by atoms with E-state index in [-0.39, 0.29) is 0 Å². The van der Waals surface area contributed by atoms with E-state index in [4.69, 9.17) is 4.74 Å². The lowest BCUT2D eigenvalue weighted by Gasteiger charge is -2.33. The van der Waals surface area contributed by atoms with Crippen molar-refractivity contribution >= 4 is 10.9 Å². The molecule has 1 N–H and O–H groups in total. The summed E-state index contributed by atoms with van der Waals surface area (Å²) in [5.41, 5.74) is 6.81. The molecule has 5 rings (SSSR count). The monoisotopic (exact) mass is 304 g/mol. The number of benzene rings is 2. The highest BCUT2D eigenvalue weighted by atomic mass is 16.5. The maximum absolute atomic E-state index is 5.66. The van der Waals surface area contributed by atoms with Crippen LogP contribution in [-0.4, -0.2) is 30.1 Å². The Kier molecular flexibility index (Phi) is 2.79. The number of likely N-dealkylation sites (N-methyl/N-ethyl adjacent to an activating group) is 1. The van der Waals surface area contributed by atoms with Gasteiger partial charge in [-0.15, -0.1) is 0 Å². The van der Waals surface area contributed by atoms with E-state index in [9.17, 15) is 0 Å². The molecular weight excluding hydrogens is 284 g/mol. The summed E-state index contributed by atoms with van der Waals surface area (Å²) < 4.78 is 5.66. The number of hydrogen-bond donors (Lipinski definition) is 1. The van der Waals surface area contributed by atoms with Gasteiger partial charge in [-0.1, -0.05) is 30.3 Å². The van der Waals surface area contributed by atoms with Crippen molar-refractivity contribution in [1.82, 2.24) is 9.88 Å². The van der Waals surface area contributed by atoms with E-state index < -0.39 is 0 Å². The van der Waals surface area contributed by atoms with Crippen LogP contribution in [0.2, 0.25) is 0 Å². The van der Waals surface area contributed by atoms with E-state index in [0.29, 0.717) is 6.04 Å². The summed E-state index contributed by atoms with van der Waals surface area (Å²) in [6.07, 6.45) is 2.14. The average molecular weight is 304 g/mol. The average Bonchev–Trinajstić information content (AvgIpc) is 3.17. The second-order valence-electron chi connectivity index (χ2n) is 6.66. The van der Waals surface area contributed by atoms with Crippen LogP contribution in [0.4, 0.5) is 0 Å². The van der Waals surface area contributed by atoms with Crippen LogP contribution >= 0.6 is 0 Å². The van der Waals surface area contributed by atoms with Crippen LogP contribution in [0.5, 0.6) is 5.75 Å². The number of nitrogens with zero attached hydrogens (tertiary/aromatic N) is 1. The zero-order valence-electron chi connectivity index (χ0n) is 13.3. The lowest BCUT2D eigenvalue weighted by molar-refractivity contribution is 0.261. The summed E-state index contributed by atoms with van der Waals surface area (Å²) in [6.45, 7) is 1.91. The van der Waals surface area contributed by atoms with Crippen molar-refractivity contribution in [1.29, 1.82) is 0 Å². The Hall–Kier alpha value is -2.26. The van der Waals surface area contributed by atoms with Crippen LogP contribution in [0.1, 0.15) is 28.4 Å². The Labute approximate surface area is 135 Å². The first kappa shape index (κ1) is 13.2. The number of para-hydroxylation sites is 1. The topological polar surface area (TPSA) is 28.3 Å². The third-order valence-electron chi connectivity index (χ3n) is 5.30. The Morgan fingerprint density at radius 1 is 1.13 bits per heavy atom. The molecule has 3 heterocycles. The molecule has 1 aromatic heterocycles. The molecule has 23 heavy (non-hydrogen) atoms. The molecule has 0 radical (unpaired) electrons. The highest BCUT2D eigenvalue weighted by Crippen LogP contribution is 2.39. The Morgan fingerprint density at radius 3 is 3.00 bits per heavy atom. The summed E-state index contributed by atoms with van der Waals surface area (Å²) in [4.78, 5) is 6.14. The molecule has 0 spiro atoms.